The molecule has 1 saturated heterocycles. The Labute approximate surface area is 171 Å². The second-order valence-corrected chi connectivity index (χ2v) is 7.76. The topological polar surface area (TPSA) is 91.6 Å². The molecule has 0 saturated carbocycles. The van der Waals surface area contributed by atoms with Gasteiger partial charge in [-0.15, -0.1) is 0 Å². The highest BCUT2D eigenvalue weighted by atomic mass is 16.5. The van der Waals surface area contributed by atoms with E-state index in [2.05, 4.69) is 20.4 Å². The summed E-state index contributed by atoms with van der Waals surface area (Å²) in [6, 6.07) is 8.05. The van der Waals surface area contributed by atoms with E-state index in [-0.39, 0.29) is 17.9 Å². The van der Waals surface area contributed by atoms with Crippen LogP contribution in [0.3, 0.4) is 0 Å². The van der Waals surface area contributed by atoms with Crippen LogP contribution in [0.5, 0.6) is 0 Å². The van der Waals surface area contributed by atoms with E-state index in [1.54, 1.807) is 0 Å². The Balaban J connectivity index is 1.42. The van der Waals surface area contributed by atoms with Crippen LogP contribution in [0.1, 0.15) is 31.7 Å². The lowest BCUT2D eigenvalue weighted by Crippen LogP contribution is -2.51. The van der Waals surface area contributed by atoms with Gasteiger partial charge >= 0.3 is 0 Å². The van der Waals surface area contributed by atoms with Crippen LogP contribution in [0, 0.1) is 6.92 Å². The molecule has 0 radical (unpaired) electrons. The van der Waals surface area contributed by atoms with E-state index in [1.807, 2.05) is 49.9 Å². The lowest BCUT2D eigenvalue weighted by molar-refractivity contribution is -0.133. The van der Waals surface area contributed by atoms with Crippen LogP contribution in [0.2, 0.25) is 0 Å². The van der Waals surface area contributed by atoms with Gasteiger partial charge in [0, 0.05) is 50.6 Å². The summed E-state index contributed by atoms with van der Waals surface area (Å²) in [5, 5.41) is 6.90. The summed E-state index contributed by atoms with van der Waals surface area (Å²) >= 11 is 0. The van der Waals surface area contributed by atoms with Crippen LogP contribution in [-0.4, -0.2) is 70.5 Å². The van der Waals surface area contributed by atoms with Crippen molar-refractivity contribution in [2.24, 2.45) is 0 Å². The first-order valence-corrected chi connectivity index (χ1v) is 10.1. The molecule has 1 N–H and O–H groups in total. The number of nitrogens with zero attached hydrogens (tertiary/aromatic N) is 4. The van der Waals surface area contributed by atoms with Gasteiger partial charge in [-0.2, -0.15) is 4.98 Å². The van der Waals surface area contributed by atoms with Crippen LogP contribution < -0.4 is 5.32 Å². The Morgan fingerprint density at radius 2 is 1.83 bits per heavy atom. The normalized spacial score (nSPS) is 15.0. The Bertz CT molecular complexity index is 823. The van der Waals surface area contributed by atoms with Crippen molar-refractivity contribution in [2.75, 3.05) is 32.7 Å². The number of benzene rings is 1. The number of rotatable bonds is 7. The van der Waals surface area contributed by atoms with E-state index in [0.29, 0.717) is 57.3 Å². The molecular weight excluding hydrogens is 370 g/mol. The maximum Gasteiger partial charge on any atom is 0.234 e. The lowest BCUT2D eigenvalue weighted by Gasteiger charge is -2.34. The SMILES string of the molecule is Cc1ccc(-c2noc(CCC(=O)N3CCN(CC(=O)NC(C)C)CC3)n2)cc1. The fraction of sp³-hybridized carbons (Fsp3) is 0.524. The van der Waals surface area contributed by atoms with Gasteiger partial charge < -0.3 is 14.7 Å². The largest absolute Gasteiger partial charge is 0.353 e. The minimum absolute atomic E-state index is 0.0283. The lowest BCUT2D eigenvalue weighted by atomic mass is 10.1. The molecule has 1 aromatic carbocycles. The van der Waals surface area contributed by atoms with Crippen molar-refractivity contribution in [1.29, 1.82) is 0 Å². The van der Waals surface area contributed by atoms with E-state index in [1.165, 1.54) is 5.56 Å². The molecule has 29 heavy (non-hydrogen) atoms. The standard InChI is InChI=1S/C21H29N5O3/c1-15(2)22-18(27)14-25-10-12-26(13-11-25)20(28)9-8-19-23-21(24-29-19)17-6-4-16(3)5-7-17/h4-7,15H,8-14H2,1-3H3,(H,22,27). The van der Waals surface area contributed by atoms with Gasteiger partial charge in [0.2, 0.25) is 23.5 Å². The third kappa shape index (κ3) is 6.12. The highest BCUT2D eigenvalue weighted by molar-refractivity contribution is 5.78. The fourth-order valence-corrected chi connectivity index (χ4v) is 3.27. The predicted octanol–water partition coefficient (Wildman–Crippen LogP) is 1.65. The Hall–Kier alpha value is -2.74. The number of aryl methyl sites for hydroxylation is 2. The predicted molar refractivity (Wildman–Crippen MR) is 109 cm³/mol. The third-order valence-corrected chi connectivity index (χ3v) is 4.87. The van der Waals surface area contributed by atoms with Crippen LogP contribution >= 0.6 is 0 Å². The van der Waals surface area contributed by atoms with Gasteiger partial charge in [-0.3, -0.25) is 14.5 Å². The van der Waals surface area contributed by atoms with Crippen molar-refractivity contribution < 1.29 is 14.1 Å². The van der Waals surface area contributed by atoms with E-state index in [9.17, 15) is 9.59 Å². The summed E-state index contributed by atoms with van der Waals surface area (Å²) in [6.07, 6.45) is 0.762. The van der Waals surface area contributed by atoms with Gasteiger partial charge in [0.25, 0.3) is 0 Å². The number of carbonyl (C=O) groups is 2. The number of hydrogen-bond donors (Lipinski definition) is 1. The van der Waals surface area contributed by atoms with Gasteiger partial charge in [0.05, 0.1) is 6.54 Å². The molecule has 1 aromatic heterocycles. The minimum atomic E-state index is 0.0283. The number of piperazine rings is 1. The van der Waals surface area contributed by atoms with Crippen molar-refractivity contribution in [3.05, 3.63) is 35.7 Å². The average molecular weight is 399 g/mol. The molecule has 1 aliphatic heterocycles. The Kier molecular flexibility index (Phi) is 6.98. The molecule has 156 valence electrons. The number of carbonyl (C=O) groups excluding carboxylic acids is 2. The minimum Gasteiger partial charge on any atom is -0.353 e. The number of amides is 2. The molecule has 8 nitrogen and oxygen atoms in total. The maximum absolute atomic E-state index is 12.5. The summed E-state index contributed by atoms with van der Waals surface area (Å²) in [6.45, 7) is 8.97. The van der Waals surface area contributed by atoms with Gasteiger partial charge in [-0.1, -0.05) is 35.0 Å². The zero-order valence-electron chi connectivity index (χ0n) is 17.4. The molecule has 2 amide bonds. The van der Waals surface area contributed by atoms with Crippen molar-refractivity contribution in [1.82, 2.24) is 25.3 Å². The van der Waals surface area contributed by atoms with Gasteiger partial charge in [-0.05, 0) is 20.8 Å². The Morgan fingerprint density at radius 3 is 2.48 bits per heavy atom. The quantitative estimate of drug-likeness (QED) is 0.761. The molecule has 0 bridgehead atoms. The van der Waals surface area contributed by atoms with E-state index in [0.717, 1.165) is 5.56 Å². The van der Waals surface area contributed by atoms with Gasteiger partial charge in [0.15, 0.2) is 0 Å². The first-order chi connectivity index (χ1) is 13.9. The van der Waals surface area contributed by atoms with Crippen LogP contribution in [0.4, 0.5) is 0 Å². The summed E-state index contributed by atoms with van der Waals surface area (Å²) in [5.41, 5.74) is 2.07. The number of hydrogen-bond acceptors (Lipinski definition) is 6. The molecule has 0 unspecified atom stereocenters. The zero-order chi connectivity index (χ0) is 20.8. The van der Waals surface area contributed by atoms with Crippen LogP contribution in [0.25, 0.3) is 11.4 Å². The molecule has 0 aliphatic carbocycles. The van der Waals surface area contributed by atoms with Gasteiger partial charge in [-0.25, -0.2) is 0 Å². The molecule has 2 aromatic rings. The molecule has 1 fully saturated rings. The molecule has 8 heteroatoms. The average Bonchev–Trinajstić information content (AvgIpc) is 3.15. The van der Waals surface area contributed by atoms with E-state index < -0.39 is 0 Å². The van der Waals surface area contributed by atoms with Crippen LogP contribution in [-0.2, 0) is 16.0 Å². The molecule has 0 atom stereocenters. The zero-order valence-corrected chi connectivity index (χ0v) is 17.4. The molecule has 1 aliphatic rings. The maximum atomic E-state index is 12.5. The van der Waals surface area contributed by atoms with Crippen molar-refractivity contribution in [3.8, 4) is 11.4 Å². The summed E-state index contributed by atoms with van der Waals surface area (Å²) in [5.74, 6) is 1.12. The first-order valence-electron chi connectivity index (χ1n) is 10.1. The second-order valence-electron chi connectivity index (χ2n) is 7.76. The van der Waals surface area contributed by atoms with Crippen LogP contribution in [0.15, 0.2) is 28.8 Å². The summed E-state index contributed by atoms with van der Waals surface area (Å²) in [7, 11) is 0. The molecule has 0 spiro atoms. The second kappa shape index (κ2) is 9.65. The van der Waals surface area contributed by atoms with Crippen molar-refractivity contribution >= 4 is 11.8 Å². The van der Waals surface area contributed by atoms with Crippen molar-refractivity contribution in [3.63, 3.8) is 0 Å². The summed E-state index contributed by atoms with van der Waals surface area (Å²) < 4.78 is 5.29. The molecular formula is C21H29N5O3. The van der Waals surface area contributed by atoms with Gasteiger partial charge in [0.1, 0.15) is 0 Å². The van der Waals surface area contributed by atoms with E-state index >= 15 is 0 Å². The monoisotopic (exact) mass is 399 g/mol. The Morgan fingerprint density at radius 1 is 1.14 bits per heavy atom. The molecule has 2 heterocycles. The highest BCUT2D eigenvalue weighted by Crippen LogP contribution is 2.17. The third-order valence-electron chi connectivity index (χ3n) is 4.87. The fourth-order valence-electron chi connectivity index (χ4n) is 3.27. The van der Waals surface area contributed by atoms with Crippen molar-refractivity contribution in [2.45, 2.75) is 39.7 Å². The number of aromatic nitrogens is 2. The van der Waals surface area contributed by atoms with E-state index in [4.69, 9.17) is 4.52 Å². The number of nitrogens with one attached hydrogen (secondary N) is 1. The summed E-state index contributed by atoms with van der Waals surface area (Å²) in [4.78, 5) is 32.7. The highest BCUT2D eigenvalue weighted by Gasteiger charge is 2.23. The molecule has 3 rings (SSSR count). The first kappa shape index (κ1) is 21.0. The smallest absolute Gasteiger partial charge is 0.234 e.